The van der Waals surface area contributed by atoms with Crippen LogP contribution < -0.4 is 5.43 Å². The summed E-state index contributed by atoms with van der Waals surface area (Å²) in [6, 6.07) is 11.4. The van der Waals surface area contributed by atoms with Gasteiger partial charge in [0.25, 0.3) is 5.91 Å². The maximum Gasteiger partial charge on any atom is 0.275 e. The summed E-state index contributed by atoms with van der Waals surface area (Å²) in [4.78, 5) is 11.9. The second kappa shape index (κ2) is 6.09. The van der Waals surface area contributed by atoms with Gasteiger partial charge in [-0.15, -0.1) is 0 Å². The first-order valence-electron chi connectivity index (χ1n) is 6.41. The minimum atomic E-state index is -0.587. The average molecular weight is 284 g/mol. The molecule has 0 bridgehead atoms. The van der Waals surface area contributed by atoms with E-state index in [4.69, 9.17) is 0 Å². The van der Waals surface area contributed by atoms with Crippen LogP contribution in [0.3, 0.4) is 0 Å². The molecule has 0 spiro atoms. The smallest absolute Gasteiger partial charge is 0.275 e. The standard InChI is InChI=1S/C16H16N2O3/c1-10-5-3-4-6-13(10)11(2)17-18-16(21)14-9-12(19)7-8-15(14)20/h3-9,19-20H,1-2H3,(H,18,21)/b17-11-. The summed E-state index contributed by atoms with van der Waals surface area (Å²) < 4.78 is 0. The van der Waals surface area contributed by atoms with E-state index in [-0.39, 0.29) is 17.1 Å². The summed E-state index contributed by atoms with van der Waals surface area (Å²) in [6.45, 7) is 3.74. The van der Waals surface area contributed by atoms with Crippen molar-refractivity contribution in [3.63, 3.8) is 0 Å². The number of aromatic hydroxyl groups is 2. The Labute approximate surface area is 122 Å². The molecule has 0 unspecified atom stereocenters. The molecule has 2 aromatic rings. The lowest BCUT2D eigenvalue weighted by Crippen LogP contribution is -2.19. The quantitative estimate of drug-likeness (QED) is 0.460. The molecule has 0 radical (unpaired) electrons. The molecule has 0 aliphatic carbocycles. The van der Waals surface area contributed by atoms with Gasteiger partial charge in [-0.3, -0.25) is 4.79 Å². The molecule has 0 atom stereocenters. The van der Waals surface area contributed by atoms with Crippen LogP contribution in [0.5, 0.6) is 11.5 Å². The van der Waals surface area contributed by atoms with E-state index < -0.39 is 5.91 Å². The van der Waals surface area contributed by atoms with E-state index in [0.29, 0.717) is 5.71 Å². The number of nitrogens with one attached hydrogen (secondary N) is 1. The highest BCUT2D eigenvalue weighted by molar-refractivity contribution is 6.02. The van der Waals surface area contributed by atoms with E-state index in [1.54, 1.807) is 6.92 Å². The van der Waals surface area contributed by atoms with Crippen LogP contribution in [0.4, 0.5) is 0 Å². The SMILES string of the molecule is C/C(=N/NC(=O)c1cc(O)ccc1O)c1ccccc1C. The molecule has 0 fully saturated rings. The first-order chi connectivity index (χ1) is 9.99. The van der Waals surface area contributed by atoms with Crippen molar-refractivity contribution in [2.75, 3.05) is 0 Å². The normalized spacial score (nSPS) is 11.2. The van der Waals surface area contributed by atoms with Crippen molar-refractivity contribution in [1.29, 1.82) is 0 Å². The van der Waals surface area contributed by atoms with Gasteiger partial charge in [0.2, 0.25) is 0 Å². The van der Waals surface area contributed by atoms with Gasteiger partial charge in [-0.1, -0.05) is 24.3 Å². The Bertz CT molecular complexity index is 708. The molecule has 0 heterocycles. The number of phenolic OH excluding ortho intramolecular Hbond substituents is 2. The highest BCUT2D eigenvalue weighted by atomic mass is 16.3. The lowest BCUT2D eigenvalue weighted by molar-refractivity contribution is 0.0951. The van der Waals surface area contributed by atoms with Gasteiger partial charge in [-0.05, 0) is 37.6 Å². The number of carbonyl (C=O) groups excluding carboxylic acids is 1. The molecular formula is C16H16N2O3. The molecule has 2 aromatic carbocycles. The number of phenols is 2. The zero-order valence-corrected chi connectivity index (χ0v) is 11.8. The summed E-state index contributed by atoms with van der Waals surface area (Å²) in [5.41, 5.74) is 4.97. The predicted molar refractivity (Wildman–Crippen MR) is 80.6 cm³/mol. The summed E-state index contributed by atoms with van der Waals surface area (Å²) in [6.07, 6.45) is 0. The van der Waals surface area contributed by atoms with Gasteiger partial charge >= 0.3 is 0 Å². The molecule has 108 valence electrons. The minimum Gasteiger partial charge on any atom is -0.508 e. The molecule has 0 aromatic heterocycles. The van der Waals surface area contributed by atoms with Gasteiger partial charge in [0.15, 0.2) is 0 Å². The van der Waals surface area contributed by atoms with E-state index in [0.717, 1.165) is 11.1 Å². The molecule has 0 aliphatic heterocycles. The number of rotatable bonds is 3. The summed E-state index contributed by atoms with van der Waals surface area (Å²) >= 11 is 0. The molecule has 0 saturated carbocycles. The van der Waals surface area contributed by atoms with Gasteiger partial charge in [0.05, 0.1) is 11.3 Å². The number of amides is 1. The fourth-order valence-corrected chi connectivity index (χ4v) is 1.94. The number of carbonyl (C=O) groups is 1. The van der Waals surface area contributed by atoms with E-state index in [1.165, 1.54) is 18.2 Å². The fourth-order valence-electron chi connectivity index (χ4n) is 1.94. The van der Waals surface area contributed by atoms with E-state index in [1.807, 2.05) is 31.2 Å². The van der Waals surface area contributed by atoms with Crippen LogP contribution in [0.15, 0.2) is 47.6 Å². The Morgan fingerprint density at radius 2 is 1.81 bits per heavy atom. The van der Waals surface area contributed by atoms with Crippen molar-refractivity contribution in [2.24, 2.45) is 5.10 Å². The monoisotopic (exact) mass is 284 g/mol. The number of benzene rings is 2. The second-order valence-electron chi connectivity index (χ2n) is 4.65. The molecule has 2 rings (SSSR count). The molecule has 5 heteroatoms. The third-order valence-electron chi connectivity index (χ3n) is 3.08. The third kappa shape index (κ3) is 3.39. The van der Waals surface area contributed by atoms with Crippen LogP contribution in [0, 0.1) is 6.92 Å². The summed E-state index contributed by atoms with van der Waals surface area (Å²) in [7, 11) is 0. The Morgan fingerprint density at radius 1 is 1.10 bits per heavy atom. The third-order valence-corrected chi connectivity index (χ3v) is 3.08. The summed E-state index contributed by atoms with van der Waals surface area (Å²) in [5.74, 6) is -0.900. The van der Waals surface area contributed by atoms with E-state index in [9.17, 15) is 15.0 Å². The highest BCUT2D eigenvalue weighted by Crippen LogP contribution is 2.21. The zero-order chi connectivity index (χ0) is 15.4. The molecule has 5 nitrogen and oxygen atoms in total. The lowest BCUT2D eigenvalue weighted by Gasteiger charge is -2.07. The van der Waals surface area contributed by atoms with Crippen LogP contribution in [-0.4, -0.2) is 21.8 Å². The molecular weight excluding hydrogens is 268 g/mol. The molecule has 0 aliphatic rings. The Morgan fingerprint density at radius 3 is 2.52 bits per heavy atom. The van der Waals surface area contributed by atoms with Gasteiger partial charge in [0, 0.05) is 5.56 Å². The first kappa shape index (κ1) is 14.6. The number of hydrazone groups is 1. The number of hydrogen-bond acceptors (Lipinski definition) is 4. The second-order valence-corrected chi connectivity index (χ2v) is 4.65. The van der Waals surface area contributed by atoms with Gasteiger partial charge in [0.1, 0.15) is 11.5 Å². The molecule has 1 amide bonds. The summed E-state index contributed by atoms with van der Waals surface area (Å²) in [5, 5.41) is 23.0. The van der Waals surface area contributed by atoms with Crippen molar-refractivity contribution in [2.45, 2.75) is 13.8 Å². The van der Waals surface area contributed by atoms with E-state index in [2.05, 4.69) is 10.5 Å². The maximum atomic E-state index is 11.9. The van der Waals surface area contributed by atoms with Crippen molar-refractivity contribution in [3.05, 3.63) is 59.2 Å². The van der Waals surface area contributed by atoms with Crippen molar-refractivity contribution >= 4 is 11.6 Å². The van der Waals surface area contributed by atoms with Crippen molar-refractivity contribution in [1.82, 2.24) is 5.43 Å². The topological polar surface area (TPSA) is 81.9 Å². The van der Waals surface area contributed by atoms with Crippen LogP contribution in [0.25, 0.3) is 0 Å². The van der Waals surface area contributed by atoms with Crippen LogP contribution >= 0.6 is 0 Å². The molecule has 21 heavy (non-hydrogen) atoms. The lowest BCUT2D eigenvalue weighted by atomic mass is 10.1. The highest BCUT2D eigenvalue weighted by Gasteiger charge is 2.11. The van der Waals surface area contributed by atoms with Gasteiger partial charge in [-0.25, -0.2) is 5.43 Å². The largest absolute Gasteiger partial charge is 0.508 e. The maximum absolute atomic E-state index is 11.9. The number of hydrogen-bond donors (Lipinski definition) is 3. The zero-order valence-electron chi connectivity index (χ0n) is 11.8. The first-order valence-corrected chi connectivity index (χ1v) is 6.41. The number of nitrogens with zero attached hydrogens (tertiary/aromatic N) is 1. The van der Waals surface area contributed by atoms with Gasteiger partial charge in [-0.2, -0.15) is 5.10 Å². The van der Waals surface area contributed by atoms with Crippen molar-refractivity contribution in [3.8, 4) is 11.5 Å². The van der Waals surface area contributed by atoms with Crippen molar-refractivity contribution < 1.29 is 15.0 Å². The fraction of sp³-hybridized carbons (Fsp3) is 0.125. The Kier molecular flexibility index (Phi) is 4.23. The Hall–Kier alpha value is -2.82. The van der Waals surface area contributed by atoms with E-state index >= 15 is 0 Å². The molecule has 3 N–H and O–H groups in total. The predicted octanol–water partition coefficient (Wildman–Crippen LogP) is 2.56. The minimum absolute atomic E-state index is 0.0312. The van der Waals surface area contributed by atoms with Crippen LogP contribution in [-0.2, 0) is 0 Å². The molecule has 0 saturated heterocycles. The Balaban J connectivity index is 2.19. The average Bonchev–Trinajstić information content (AvgIpc) is 2.47. The van der Waals surface area contributed by atoms with Crippen LogP contribution in [0.2, 0.25) is 0 Å². The van der Waals surface area contributed by atoms with Crippen LogP contribution in [0.1, 0.15) is 28.4 Å². The number of aryl methyl sites for hydroxylation is 1. The van der Waals surface area contributed by atoms with Gasteiger partial charge < -0.3 is 10.2 Å².